The molecule has 0 aliphatic rings. The van der Waals surface area contributed by atoms with Crippen molar-refractivity contribution in [2.45, 2.75) is 0 Å². The van der Waals surface area contributed by atoms with Crippen LogP contribution in [0, 0.1) is 3.57 Å². The smallest absolute Gasteiger partial charge is 0.337 e. The summed E-state index contributed by atoms with van der Waals surface area (Å²) in [5.74, 6) is -1.54. The number of rotatable bonds is 3. The van der Waals surface area contributed by atoms with Crippen molar-refractivity contribution in [2.75, 3.05) is 5.32 Å². The molecule has 0 fully saturated rings. The van der Waals surface area contributed by atoms with Gasteiger partial charge < -0.3 is 14.8 Å². The summed E-state index contributed by atoms with van der Waals surface area (Å²) in [5, 5.41) is 11.7. The van der Waals surface area contributed by atoms with Crippen molar-refractivity contribution in [1.82, 2.24) is 0 Å². The fourth-order valence-corrected chi connectivity index (χ4v) is 2.36. The van der Waals surface area contributed by atoms with Crippen LogP contribution < -0.4 is 5.32 Å². The van der Waals surface area contributed by atoms with Crippen LogP contribution in [0.4, 0.5) is 5.69 Å². The quantitative estimate of drug-likeness (QED) is 0.722. The summed E-state index contributed by atoms with van der Waals surface area (Å²) in [4.78, 5) is 23.1. The molecule has 0 bridgehead atoms. The topological polar surface area (TPSA) is 79.5 Å². The number of carbonyl (C=O) groups excluding carboxylic acids is 1. The summed E-state index contributed by atoms with van der Waals surface area (Å²) in [7, 11) is 0. The lowest BCUT2D eigenvalue weighted by Gasteiger charge is -2.08. The molecule has 1 amide bonds. The van der Waals surface area contributed by atoms with Crippen LogP contribution in [-0.4, -0.2) is 17.0 Å². The van der Waals surface area contributed by atoms with Crippen molar-refractivity contribution in [1.29, 1.82) is 0 Å². The highest BCUT2D eigenvalue weighted by Crippen LogP contribution is 2.22. The molecule has 98 valence electrons. The molecule has 1 aromatic heterocycles. The number of amides is 1. The molecule has 0 unspecified atom stereocenters. The third-order valence-corrected chi connectivity index (χ3v) is 3.61. The first kappa shape index (κ1) is 14.1. The minimum Gasteiger partial charge on any atom is -0.478 e. The minimum atomic E-state index is -1.10. The molecule has 0 aliphatic carbocycles. The van der Waals surface area contributed by atoms with E-state index in [-0.39, 0.29) is 11.3 Å². The number of benzene rings is 1. The van der Waals surface area contributed by atoms with E-state index in [0.717, 1.165) is 3.57 Å². The van der Waals surface area contributed by atoms with Crippen molar-refractivity contribution in [3.8, 4) is 0 Å². The number of furan rings is 1. The largest absolute Gasteiger partial charge is 0.478 e. The Balaban J connectivity index is 2.32. The van der Waals surface area contributed by atoms with E-state index >= 15 is 0 Å². The zero-order chi connectivity index (χ0) is 14.0. The maximum atomic E-state index is 12.0. The van der Waals surface area contributed by atoms with E-state index < -0.39 is 11.9 Å². The summed E-state index contributed by atoms with van der Waals surface area (Å²) < 4.78 is 6.03. The van der Waals surface area contributed by atoms with Crippen LogP contribution in [0.2, 0.25) is 0 Å². The van der Waals surface area contributed by atoms with E-state index in [1.807, 2.05) is 22.6 Å². The first-order valence-corrected chi connectivity index (χ1v) is 6.93. The first-order chi connectivity index (χ1) is 8.99. The fraction of sp³-hybridized carbons (Fsp3) is 0. The Morgan fingerprint density at radius 1 is 1.26 bits per heavy atom. The molecule has 2 N–H and O–H groups in total. The highest BCUT2D eigenvalue weighted by molar-refractivity contribution is 14.1. The Labute approximate surface area is 130 Å². The molecule has 0 saturated carbocycles. The molecule has 0 atom stereocenters. The van der Waals surface area contributed by atoms with Gasteiger partial charge in [0.05, 0.1) is 23.1 Å². The van der Waals surface area contributed by atoms with Crippen molar-refractivity contribution in [2.24, 2.45) is 0 Å². The molecule has 1 heterocycles. The van der Waals surface area contributed by atoms with E-state index in [2.05, 4.69) is 21.2 Å². The predicted molar refractivity (Wildman–Crippen MR) is 80.5 cm³/mol. The lowest BCUT2D eigenvalue weighted by atomic mass is 10.1. The second kappa shape index (κ2) is 5.74. The summed E-state index contributed by atoms with van der Waals surface area (Å²) >= 11 is 5.10. The number of carboxylic acid groups (broad SMARTS) is 1. The van der Waals surface area contributed by atoms with Crippen LogP contribution in [0.15, 0.2) is 39.6 Å². The van der Waals surface area contributed by atoms with E-state index in [4.69, 9.17) is 9.52 Å². The van der Waals surface area contributed by atoms with E-state index in [1.165, 1.54) is 18.4 Å². The molecule has 5 nitrogen and oxygen atoms in total. The monoisotopic (exact) mass is 435 g/mol. The van der Waals surface area contributed by atoms with Gasteiger partial charge in [0.15, 0.2) is 4.67 Å². The number of hydrogen-bond donors (Lipinski definition) is 2. The standard InChI is InChI=1S/C12H7BrINO4/c13-10-7(3-4-19-10)11(16)15-9-2-1-6(14)5-8(9)12(17)18/h1-5H,(H,15,16)(H,17,18). The van der Waals surface area contributed by atoms with Gasteiger partial charge >= 0.3 is 5.97 Å². The van der Waals surface area contributed by atoms with Crippen LogP contribution >= 0.6 is 38.5 Å². The highest BCUT2D eigenvalue weighted by atomic mass is 127. The highest BCUT2D eigenvalue weighted by Gasteiger charge is 2.17. The average Bonchev–Trinajstić information content (AvgIpc) is 2.77. The maximum absolute atomic E-state index is 12.0. The van der Waals surface area contributed by atoms with Gasteiger partial charge in [-0.05, 0) is 62.8 Å². The Kier molecular flexibility index (Phi) is 4.25. The number of hydrogen-bond acceptors (Lipinski definition) is 3. The lowest BCUT2D eigenvalue weighted by molar-refractivity contribution is 0.0698. The van der Waals surface area contributed by atoms with E-state index in [0.29, 0.717) is 10.2 Å². The summed E-state index contributed by atoms with van der Waals surface area (Å²) in [5.41, 5.74) is 0.584. The Morgan fingerprint density at radius 2 is 2.00 bits per heavy atom. The molecule has 0 spiro atoms. The van der Waals surface area contributed by atoms with Gasteiger partial charge in [0.25, 0.3) is 5.91 Å². The van der Waals surface area contributed by atoms with Crippen molar-refractivity contribution in [3.05, 3.63) is 49.9 Å². The average molecular weight is 436 g/mol. The molecule has 0 saturated heterocycles. The number of aromatic carboxylic acids is 1. The van der Waals surface area contributed by atoms with Crippen LogP contribution in [0.3, 0.4) is 0 Å². The third-order valence-electron chi connectivity index (χ3n) is 2.32. The van der Waals surface area contributed by atoms with Gasteiger partial charge in [-0.1, -0.05) is 0 Å². The first-order valence-electron chi connectivity index (χ1n) is 5.06. The predicted octanol–water partition coefficient (Wildman–Crippen LogP) is 3.60. The van der Waals surface area contributed by atoms with Crippen molar-refractivity contribution >= 4 is 56.1 Å². The van der Waals surface area contributed by atoms with Crippen LogP contribution in [0.1, 0.15) is 20.7 Å². The summed E-state index contributed by atoms with van der Waals surface area (Å²) in [6.07, 6.45) is 1.37. The van der Waals surface area contributed by atoms with Crippen LogP contribution in [-0.2, 0) is 0 Å². The summed E-state index contributed by atoms with van der Waals surface area (Å²) in [6, 6.07) is 6.25. The van der Waals surface area contributed by atoms with E-state index in [1.54, 1.807) is 12.1 Å². The lowest BCUT2D eigenvalue weighted by Crippen LogP contribution is -2.14. The van der Waals surface area contributed by atoms with Gasteiger partial charge in [0.1, 0.15) is 0 Å². The van der Waals surface area contributed by atoms with Crippen molar-refractivity contribution < 1.29 is 19.1 Å². The SMILES string of the molecule is O=C(O)c1cc(I)ccc1NC(=O)c1ccoc1Br. The van der Waals surface area contributed by atoms with E-state index in [9.17, 15) is 9.59 Å². The second-order valence-electron chi connectivity index (χ2n) is 3.56. The van der Waals surface area contributed by atoms with Gasteiger partial charge in [0.2, 0.25) is 0 Å². The number of halogens is 2. The van der Waals surface area contributed by atoms with Crippen molar-refractivity contribution in [3.63, 3.8) is 0 Å². The molecule has 2 rings (SSSR count). The molecule has 0 radical (unpaired) electrons. The zero-order valence-electron chi connectivity index (χ0n) is 9.31. The Bertz CT molecular complexity index is 653. The molecule has 0 aliphatic heterocycles. The normalized spacial score (nSPS) is 10.2. The van der Waals surface area contributed by atoms with Crippen LogP contribution in [0.25, 0.3) is 0 Å². The van der Waals surface area contributed by atoms with Gasteiger partial charge in [-0.15, -0.1) is 0 Å². The third kappa shape index (κ3) is 3.16. The molecular weight excluding hydrogens is 429 g/mol. The fourth-order valence-electron chi connectivity index (χ4n) is 1.45. The number of nitrogens with one attached hydrogen (secondary N) is 1. The zero-order valence-corrected chi connectivity index (χ0v) is 13.1. The van der Waals surface area contributed by atoms with Gasteiger partial charge in [-0.25, -0.2) is 4.79 Å². The molecule has 19 heavy (non-hydrogen) atoms. The Morgan fingerprint density at radius 3 is 2.58 bits per heavy atom. The molecule has 7 heteroatoms. The Hall–Kier alpha value is -1.35. The van der Waals surface area contributed by atoms with Gasteiger partial charge in [-0.2, -0.15) is 0 Å². The second-order valence-corrected chi connectivity index (χ2v) is 5.52. The molecule has 1 aromatic carbocycles. The van der Waals surface area contributed by atoms with Gasteiger partial charge in [0, 0.05) is 3.57 Å². The van der Waals surface area contributed by atoms with Crippen LogP contribution in [0.5, 0.6) is 0 Å². The maximum Gasteiger partial charge on any atom is 0.337 e. The minimum absolute atomic E-state index is 0.0415. The molecular formula is C12H7BrINO4. The molecule has 2 aromatic rings. The number of anilines is 1. The number of carboxylic acids is 1. The summed E-state index contributed by atoms with van der Waals surface area (Å²) in [6.45, 7) is 0. The number of carbonyl (C=O) groups is 2. The van der Waals surface area contributed by atoms with Gasteiger partial charge in [-0.3, -0.25) is 4.79 Å².